The van der Waals surface area contributed by atoms with Gasteiger partial charge < -0.3 is 4.98 Å². The van der Waals surface area contributed by atoms with E-state index < -0.39 is 0 Å². The first-order chi connectivity index (χ1) is 11.1. The van der Waals surface area contributed by atoms with Gasteiger partial charge in [0.25, 0.3) is 0 Å². The van der Waals surface area contributed by atoms with Crippen molar-refractivity contribution in [1.82, 2.24) is 9.55 Å². The average molecular weight is 300 g/mol. The molecule has 5 rings (SSSR count). The predicted octanol–water partition coefficient (Wildman–Crippen LogP) is 4.56. The highest BCUT2D eigenvalue weighted by Crippen LogP contribution is 2.47. The fraction of sp³-hybridized carbons (Fsp3) is 0.150. The lowest BCUT2D eigenvalue weighted by molar-refractivity contribution is 0.111. The van der Waals surface area contributed by atoms with E-state index in [9.17, 15) is 4.79 Å². The van der Waals surface area contributed by atoms with E-state index in [1.54, 1.807) is 0 Å². The number of nitrogens with zero attached hydrogens (tertiary/aromatic N) is 1. The van der Waals surface area contributed by atoms with Crippen LogP contribution in [0.15, 0.2) is 48.5 Å². The number of H-pyrrole nitrogens is 1. The Morgan fingerprint density at radius 1 is 1.00 bits per heavy atom. The number of hydrogen-bond acceptors (Lipinski definition) is 1. The summed E-state index contributed by atoms with van der Waals surface area (Å²) in [5.41, 5.74) is 5.37. The molecular formula is C20H16N2O. The highest BCUT2D eigenvalue weighted by Gasteiger charge is 2.36. The zero-order valence-corrected chi connectivity index (χ0v) is 13.1. The summed E-state index contributed by atoms with van der Waals surface area (Å²) in [5.74, 6) is 1.02. The lowest BCUT2D eigenvalue weighted by atomic mass is 9.76. The normalized spacial score (nSPS) is 15.0. The third-order valence-corrected chi connectivity index (χ3v) is 5.21. The number of hydrogen-bond donors (Lipinski definition) is 1. The average Bonchev–Trinajstić information content (AvgIpc) is 3.13. The second-order valence-electron chi connectivity index (χ2n) is 6.78. The van der Waals surface area contributed by atoms with Gasteiger partial charge in [-0.3, -0.25) is 9.36 Å². The standard InChI is InChI=1S/C20H16N2O/c1-20(2)15-8-5-7-14-13-6-3-4-9-17(13)22(18(14)15)19-16(20)10-12(11-23)21-19/h3-11,21H,1-2H3. The van der Waals surface area contributed by atoms with Crippen LogP contribution in [0.4, 0.5) is 0 Å². The Morgan fingerprint density at radius 3 is 2.61 bits per heavy atom. The van der Waals surface area contributed by atoms with Crippen LogP contribution in [0.1, 0.15) is 35.5 Å². The van der Waals surface area contributed by atoms with Gasteiger partial charge in [0, 0.05) is 21.8 Å². The van der Waals surface area contributed by atoms with Crippen LogP contribution >= 0.6 is 0 Å². The molecule has 0 saturated heterocycles. The van der Waals surface area contributed by atoms with Crippen LogP contribution in [0.3, 0.4) is 0 Å². The molecule has 0 saturated carbocycles. The van der Waals surface area contributed by atoms with Crippen LogP contribution in [0.25, 0.3) is 27.6 Å². The molecule has 3 heteroatoms. The number of aromatic nitrogens is 2. The molecule has 0 atom stereocenters. The molecule has 0 aliphatic carbocycles. The van der Waals surface area contributed by atoms with E-state index in [2.05, 4.69) is 65.9 Å². The van der Waals surface area contributed by atoms with Crippen LogP contribution in [0.5, 0.6) is 0 Å². The molecule has 4 aromatic rings. The van der Waals surface area contributed by atoms with E-state index >= 15 is 0 Å². The number of fused-ring (bicyclic) bond motifs is 5. The minimum absolute atomic E-state index is 0.142. The molecule has 0 radical (unpaired) electrons. The highest BCUT2D eigenvalue weighted by molar-refractivity contribution is 6.11. The molecule has 2 aromatic carbocycles. The van der Waals surface area contributed by atoms with Gasteiger partial charge in [0.1, 0.15) is 5.82 Å². The molecule has 0 spiro atoms. The van der Waals surface area contributed by atoms with Crippen molar-refractivity contribution >= 4 is 28.1 Å². The van der Waals surface area contributed by atoms with Crippen LogP contribution in [0.2, 0.25) is 0 Å². The van der Waals surface area contributed by atoms with Crippen molar-refractivity contribution in [1.29, 1.82) is 0 Å². The maximum Gasteiger partial charge on any atom is 0.166 e. The minimum Gasteiger partial charge on any atom is -0.338 e. The quantitative estimate of drug-likeness (QED) is 0.514. The third-order valence-electron chi connectivity index (χ3n) is 5.21. The number of carbonyl (C=O) groups is 1. The maximum absolute atomic E-state index is 11.3. The van der Waals surface area contributed by atoms with Gasteiger partial charge in [-0.25, -0.2) is 0 Å². The number of aromatic amines is 1. The van der Waals surface area contributed by atoms with E-state index in [1.165, 1.54) is 32.9 Å². The van der Waals surface area contributed by atoms with Gasteiger partial charge >= 0.3 is 0 Å². The van der Waals surface area contributed by atoms with Crippen LogP contribution in [0, 0.1) is 0 Å². The van der Waals surface area contributed by atoms with Crippen molar-refractivity contribution in [3.63, 3.8) is 0 Å². The zero-order chi connectivity index (χ0) is 15.8. The Hall–Kier alpha value is -2.81. The molecule has 112 valence electrons. The first kappa shape index (κ1) is 12.7. The zero-order valence-electron chi connectivity index (χ0n) is 13.1. The smallest absolute Gasteiger partial charge is 0.166 e. The molecule has 0 amide bonds. The van der Waals surface area contributed by atoms with Crippen molar-refractivity contribution in [2.24, 2.45) is 0 Å². The Kier molecular flexibility index (Phi) is 2.17. The van der Waals surface area contributed by atoms with E-state index in [0.29, 0.717) is 5.69 Å². The minimum atomic E-state index is -0.142. The molecule has 0 bridgehead atoms. The molecule has 3 nitrogen and oxygen atoms in total. The van der Waals surface area contributed by atoms with Crippen LogP contribution < -0.4 is 0 Å². The molecule has 0 fully saturated rings. The number of aldehydes is 1. The van der Waals surface area contributed by atoms with Crippen molar-refractivity contribution in [2.75, 3.05) is 0 Å². The van der Waals surface area contributed by atoms with E-state index in [1.807, 2.05) is 6.07 Å². The summed E-state index contributed by atoms with van der Waals surface area (Å²) >= 11 is 0. The molecule has 2 aromatic heterocycles. The molecule has 1 aliphatic rings. The first-order valence-electron chi connectivity index (χ1n) is 7.84. The molecule has 3 heterocycles. The number of para-hydroxylation sites is 2. The van der Waals surface area contributed by atoms with Gasteiger partial charge in [0.2, 0.25) is 0 Å². The Balaban J connectivity index is 2.10. The second kappa shape index (κ2) is 3.93. The number of nitrogens with one attached hydrogen (secondary N) is 1. The van der Waals surface area contributed by atoms with Crippen molar-refractivity contribution < 1.29 is 4.79 Å². The topological polar surface area (TPSA) is 37.8 Å². The van der Waals surface area contributed by atoms with Crippen molar-refractivity contribution in [3.05, 3.63) is 65.4 Å². The number of carbonyl (C=O) groups excluding carboxylic acids is 1. The Labute approximate surface area is 133 Å². The number of benzene rings is 2. The number of rotatable bonds is 1. The monoisotopic (exact) mass is 300 g/mol. The first-order valence-corrected chi connectivity index (χ1v) is 7.84. The van der Waals surface area contributed by atoms with Gasteiger partial charge in [-0.2, -0.15) is 0 Å². The van der Waals surface area contributed by atoms with Crippen molar-refractivity contribution in [3.8, 4) is 5.82 Å². The largest absolute Gasteiger partial charge is 0.338 e. The predicted molar refractivity (Wildman–Crippen MR) is 92.6 cm³/mol. The fourth-order valence-corrected chi connectivity index (χ4v) is 4.08. The summed E-state index contributed by atoms with van der Waals surface area (Å²) in [6.07, 6.45) is 0.891. The molecule has 23 heavy (non-hydrogen) atoms. The lowest BCUT2D eigenvalue weighted by Crippen LogP contribution is -2.25. The molecular weight excluding hydrogens is 284 g/mol. The summed E-state index contributed by atoms with van der Waals surface area (Å²) < 4.78 is 2.27. The summed E-state index contributed by atoms with van der Waals surface area (Å²) in [6.45, 7) is 4.45. The summed E-state index contributed by atoms with van der Waals surface area (Å²) in [5, 5.41) is 2.51. The van der Waals surface area contributed by atoms with Gasteiger partial charge in [0.05, 0.1) is 16.7 Å². The summed E-state index contributed by atoms with van der Waals surface area (Å²) in [6, 6.07) is 17.0. The van der Waals surface area contributed by atoms with Gasteiger partial charge in [-0.15, -0.1) is 0 Å². The third kappa shape index (κ3) is 1.38. The van der Waals surface area contributed by atoms with E-state index in [0.717, 1.165) is 12.1 Å². The van der Waals surface area contributed by atoms with Gasteiger partial charge in [-0.05, 0) is 17.7 Å². The Bertz CT molecular complexity index is 1110. The Morgan fingerprint density at radius 2 is 1.78 bits per heavy atom. The maximum atomic E-state index is 11.3. The lowest BCUT2D eigenvalue weighted by Gasteiger charge is -2.32. The summed E-state index contributed by atoms with van der Waals surface area (Å²) in [7, 11) is 0. The SMILES string of the molecule is CC1(C)c2cc(C=O)[nH]c2-n2c3ccccc3c3cccc1c32. The van der Waals surface area contributed by atoms with E-state index in [-0.39, 0.29) is 5.41 Å². The second-order valence-corrected chi connectivity index (χ2v) is 6.78. The molecule has 1 N–H and O–H groups in total. The van der Waals surface area contributed by atoms with Crippen molar-refractivity contribution in [2.45, 2.75) is 19.3 Å². The van der Waals surface area contributed by atoms with Crippen LogP contribution in [-0.2, 0) is 5.41 Å². The molecule has 0 unspecified atom stereocenters. The van der Waals surface area contributed by atoms with E-state index in [4.69, 9.17) is 0 Å². The van der Waals surface area contributed by atoms with Gasteiger partial charge in [0.15, 0.2) is 6.29 Å². The fourth-order valence-electron chi connectivity index (χ4n) is 4.08. The van der Waals surface area contributed by atoms with Gasteiger partial charge in [-0.1, -0.05) is 50.2 Å². The summed E-state index contributed by atoms with van der Waals surface area (Å²) in [4.78, 5) is 14.6. The highest BCUT2D eigenvalue weighted by atomic mass is 16.1. The molecule has 1 aliphatic heterocycles. The van der Waals surface area contributed by atoms with Crippen LogP contribution in [-0.4, -0.2) is 15.8 Å².